The van der Waals surface area contributed by atoms with Gasteiger partial charge in [0.15, 0.2) is 5.96 Å². The lowest BCUT2D eigenvalue weighted by Gasteiger charge is -2.32. The fourth-order valence-electron chi connectivity index (χ4n) is 3.33. The quantitative estimate of drug-likeness (QED) is 0.608. The van der Waals surface area contributed by atoms with Gasteiger partial charge in [-0.1, -0.05) is 12.1 Å². The fourth-order valence-corrected chi connectivity index (χ4v) is 3.33. The Balaban J connectivity index is 0.000000366. The lowest BCUT2D eigenvalue weighted by atomic mass is 10.1. The molecule has 170 valence electrons. The molecule has 2 heterocycles. The summed E-state index contributed by atoms with van der Waals surface area (Å²) in [7, 11) is 0. The van der Waals surface area contributed by atoms with Crippen LogP contribution in [-0.2, 0) is 14.3 Å². The zero-order valence-electron chi connectivity index (χ0n) is 18.5. The molecule has 2 aliphatic rings. The summed E-state index contributed by atoms with van der Waals surface area (Å²) in [6.07, 6.45) is 1.12. The molecule has 1 saturated heterocycles. The molecule has 0 bridgehead atoms. The van der Waals surface area contributed by atoms with Crippen LogP contribution in [0.4, 0.5) is 11.4 Å². The number of carboxylic acid groups (broad SMARTS) is 2. The maximum absolute atomic E-state index is 9.55. The predicted octanol–water partition coefficient (Wildman–Crippen LogP) is 2.51. The van der Waals surface area contributed by atoms with Gasteiger partial charge in [-0.25, -0.2) is 14.6 Å². The van der Waals surface area contributed by atoms with Gasteiger partial charge in [-0.15, -0.1) is 0 Å². The number of aliphatic carboxylic acids is 2. The SMILES string of the molecule is CC(C)N1CC(C)(C)N=C1Nc1ccccc1N1CCOCC1.O=C(O)C=CC(=O)O. The van der Waals surface area contributed by atoms with Crippen LogP contribution in [0.2, 0.25) is 0 Å². The van der Waals surface area contributed by atoms with Crippen molar-refractivity contribution in [2.45, 2.75) is 39.3 Å². The second-order valence-corrected chi connectivity index (χ2v) is 8.22. The van der Waals surface area contributed by atoms with E-state index in [1.54, 1.807) is 0 Å². The van der Waals surface area contributed by atoms with Gasteiger partial charge in [0.1, 0.15) is 0 Å². The smallest absolute Gasteiger partial charge is 0.328 e. The number of ether oxygens (including phenoxy) is 1. The van der Waals surface area contributed by atoms with E-state index in [1.165, 1.54) is 5.69 Å². The zero-order valence-corrected chi connectivity index (χ0v) is 18.5. The Hall–Kier alpha value is -3.07. The number of hydrogen-bond acceptors (Lipinski definition) is 7. The van der Waals surface area contributed by atoms with Crippen molar-refractivity contribution in [3.8, 4) is 0 Å². The summed E-state index contributed by atoms with van der Waals surface area (Å²) in [5, 5.41) is 19.2. The Morgan fingerprint density at radius 1 is 1.13 bits per heavy atom. The van der Waals surface area contributed by atoms with E-state index in [-0.39, 0.29) is 5.54 Å². The van der Waals surface area contributed by atoms with E-state index in [0.717, 1.165) is 44.5 Å². The standard InChI is InChI=1S/C18H28N4O.C4H4O4/c1-14(2)22-13-18(3,4)20-17(22)19-15-7-5-6-8-16(15)21-9-11-23-12-10-21;5-3(6)1-2-4(7)8/h5-8,14H,9-13H2,1-4H3,(H,19,20);1-2H,(H,5,6)(H,7,8). The monoisotopic (exact) mass is 432 g/mol. The highest BCUT2D eigenvalue weighted by Crippen LogP contribution is 2.29. The number of morpholine rings is 1. The molecule has 0 atom stereocenters. The molecule has 0 unspecified atom stereocenters. The van der Waals surface area contributed by atoms with Crippen LogP contribution in [0.1, 0.15) is 27.7 Å². The number of aliphatic imine (C=N–C) groups is 1. The number of carboxylic acids is 2. The van der Waals surface area contributed by atoms with Gasteiger partial charge in [0.25, 0.3) is 0 Å². The molecular formula is C22H32N4O5. The van der Waals surface area contributed by atoms with Crippen LogP contribution < -0.4 is 10.2 Å². The second-order valence-electron chi connectivity index (χ2n) is 8.22. The number of rotatable bonds is 5. The summed E-state index contributed by atoms with van der Waals surface area (Å²) in [5.74, 6) is -1.54. The number of hydrogen-bond donors (Lipinski definition) is 3. The van der Waals surface area contributed by atoms with Crippen LogP contribution in [0, 0.1) is 0 Å². The molecule has 2 aliphatic heterocycles. The van der Waals surface area contributed by atoms with Gasteiger partial charge in [-0.3, -0.25) is 0 Å². The summed E-state index contributed by atoms with van der Waals surface area (Å²) < 4.78 is 5.48. The summed E-state index contributed by atoms with van der Waals surface area (Å²) in [6, 6.07) is 8.91. The minimum absolute atomic E-state index is 0.0412. The van der Waals surface area contributed by atoms with Crippen LogP contribution in [0.15, 0.2) is 41.4 Å². The van der Waals surface area contributed by atoms with Crippen molar-refractivity contribution in [3.63, 3.8) is 0 Å². The number of anilines is 2. The molecule has 3 N–H and O–H groups in total. The minimum atomic E-state index is -1.26. The first kappa shape index (κ1) is 24.2. The highest BCUT2D eigenvalue weighted by molar-refractivity contribution is 5.98. The molecule has 1 aromatic rings. The van der Waals surface area contributed by atoms with Crippen molar-refractivity contribution in [1.29, 1.82) is 0 Å². The van der Waals surface area contributed by atoms with Crippen molar-refractivity contribution in [3.05, 3.63) is 36.4 Å². The molecule has 0 saturated carbocycles. The first-order valence-electron chi connectivity index (χ1n) is 10.3. The van der Waals surface area contributed by atoms with Gasteiger partial charge >= 0.3 is 11.9 Å². The molecule has 31 heavy (non-hydrogen) atoms. The van der Waals surface area contributed by atoms with Crippen molar-refractivity contribution in [2.24, 2.45) is 4.99 Å². The predicted molar refractivity (Wildman–Crippen MR) is 121 cm³/mol. The molecule has 0 radical (unpaired) electrons. The van der Waals surface area contributed by atoms with Crippen LogP contribution in [0.3, 0.4) is 0 Å². The lowest BCUT2D eigenvalue weighted by Crippen LogP contribution is -2.41. The number of para-hydroxylation sites is 2. The molecule has 9 nitrogen and oxygen atoms in total. The molecule has 0 spiro atoms. The largest absolute Gasteiger partial charge is 0.478 e. The van der Waals surface area contributed by atoms with Gasteiger partial charge in [0, 0.05) is 37.8 Å². The average Bonchev–Trinajstić information content (AvgIpc) is 3.02. The second kappa shape index (κ2) is 10.8. The van der Waals surface area contributed by atoms with Crippen LogP contribution in [-0.4, -0.2) is 77.4 Å². The van der Waals surface area contributed by atoms with E-state index in [0.29, 0.717) is 18.2 Å². The van der Waals surface area contributed by atoms with E-state index in [2.05, 4.69) is 67.1 Å². The van der Waals surface area contributed by atoms with Crippen molar-refractivity contribution in [2.75, 3.05) is 43.1 Å². The van der Waals surface area contributed by atoms with Crippen LogP contribution >= 0.6 is 0 Å². The number of benzene rings is 1. The summed E-state index contributed by atoms with van der Waals surface area (Å²) >= 11 is 0. The third-order valence-electron chi connectivity index (χ3n) is 4.73. The Bertz CT molecular complexity index is 813. The van der Waals surface area contributed by atoms with Gasteiger partial charge in [-0.05, 0) is 39.8 Å². The first-order chi connectivity index (χ1) is 14.6. The topological polar surface area (TPSA) is 115 Å². The Morgan fingerprint density at radius 3 is 2.26 bits per heavy atom. The molecule has 1 aromatic carbocycles. The van der Waals surface area contributed by atoms with E-state index >= 15 is 0 Å². The molecule has 0 amide bonds. The van der Waals surface area contributed by atoms with E-state index in [1.807, 2.05) is 0 Å². The maximum Gasteiger partial charge on any atom is 0.328 e. The lowest BCUT2D eigenvalue weighted by molar-refractivity contribution is -0.134. The molecule has 1 fully saturated rings. The summed E-state index contributed by atoms with van der Waals surface area (Å²) in [4.78, 5) is 28.7. The van der Waals surface area contributed by atoms with E-state index in [4.69, 9.17) is 19.9 Å². The fraction of sp³-hybridized carbons (Fsp3) is 0.500. The normalized spacial score (nSPS) is 17.9. The van der Waals surface area contributed by atoms with Crippen molar-refractivity contribution in [1.82, 2.24) is 4.90 Å². The Labute approximate surface area is 183 Å². The molecular weight excluding hydrogens is 400 g/mol. The third kappa shape index (κ3) is 7.60. The number of guanidine groups is 1. The highest BCUT2D eigenvalue weighted by Gasteiger charge is 2.33. The molecule has 0 aromatic heterocycles. The molecule has 9 heteroatoms. The van der Waals surface area contributed by atoms with Crippen molar-refractivity contribution >= 4 is 29.3 Å². The zero-order chi connectivity index (χ0) is 23.0. The van der Waals surface area contributed by atoms with Crippen LogP contribution in [0.5, 0.6) is 0 Å². The van der Waals surface area contributed by atoms with Gasteiger partial charge in [0.2, 0.25) is 0 Å². The van der Waals surface area contributed by atoms with E-state index < -0.39 is 11.9 Å². The van der Waals surface area contributed by atoms with Gasteiger partial charge in [0.05, 0.1) is 30.1 Å². The van der Waals surface area contributed by atoms with Crippen LogP contribution in [0.25, 0.3) is 0 Å². The van der Waals surface area contributed by atoms with Gasteiger partial charge in [-0.2, -0.15) is 0 Å². The number of nitrogens with zero attached hydrogens (tertiary/aromatic N) is 3. The third-order valence-corrected chi connectivity index (χ3v) is 4.73. The highest BCUT2D eigenvalue weighted by atomic mass is 16.5. The van der Waals surface area contributed by atoms with Gasteiger partial charge < -0.3 is 30.1 Å². The Kier molecular flexibility index (Phi) is 8.44. The maximum atomic E-state index is 9.55. The first-order valence-corrected chi connectivity index (χ1v) is 10.3. The average molecular weight is 433 g/mol. The number of nitrogens with one attached hydrogen (secondary N) is 1. The van der Waals surface area contributed by atoms with Crippen molar-refractivity contribution < 1.29 is 24.5 Å². The van der Waals surface area contributed by atoms with E-state index in [9.17, 15) is 9.59 Å². The number of carbonyl (C=O) groups is 2. The Morgan fingerprint density at radius 2 is 1.71 bits per heavy atom. The molecule has 0 aliphatic carbocycles. The minimum Gasteiger partial charge on any atom is -0.478 e. The molecule has 3 rings (SSSR count). The summed E-state index contributed by atoms with van der Waals surface area (Å²) in [5.41, 5.74) is 2.31. The summed E-state index contributed by atoms with van der Waals surface area (Å²) in [6.45, 7) is 13.2.